The largest absolute Gasteiger partial charge is 0.398 e. The number of nitrogens with zero attached hydrogens (tertiary/aromatic N) is 1. The Bertz CT molecular complexity index is 511. The Morgan fingerprint density at radius 3 is 2.79 bits per heavy atom. The summed E-state index contributed by atoms with van der Waals surface area (Å²) in [5.41, 5.74) is 9.29. The number of carbonyl (C=O) groups is 1. The Labute approximate surface area is 82.1 Å². The predicted molar refractivity (Wildman–Crippen MR) is 57.5 cm³/mol. The molecule has 1 aromatic heterocycles. The highest BCUT2D eigenvalue weighted by Gasteiger charge is 2.09. The van der Waals surface area contributed by atoms with E-state index in [-0.39, 0.29) is 0 Å². The van der Waals surface area contributed by atoms with Crippen molar-refractivity contribution in [1.82, 2.24) is 4.57 Å². The van der Waals surface area contributed by atoms with Crippen LogP contribution in [0.5, 0.6) is 0 Å². The molecule has 0 aliphatic rings. The maximum Gasteiger partial charge on any atom is 0.152 e. The lowest BCUT2D eigenvalue weighted by Crippen LogP contribution is -1.92. The van der Waals surface area contributed by atoms with Crippen LogP contribution in [-0.2, 0) is 7.05 Å². The highest BCUT2D eigenvalue weighted by Crippen LogP contribution is 2.27. The van der Waals surface area contributed by atoms with Gasteiger partial charge in [0.1, 0.15) is 0 Å². The lowest BCUT2D eigenvalue weighted by atomic mass is 10.1. The summed E-state index contributed by atoms with van der Waals surface area (Å²) in [7, 11) is 1.91. The normalized spacial score (nSPS) is 10.7. The van der Waals surface area contributed by atoms with Crippen LogP contribution in [0.1, 0.15) is 15.9 Å². The topological polar surface area (TPSA) is 48.0 Å². The van der Waals surface area contributed by atoms with Crippen LogP contribution in [0, 0.1) is 6.92 Å². The number of nitrogens with two attached hydrogens (primary N) is 1. The number of rotatable bonds is 1. The SMILES string of the molecule is Cc1ccc2c(c(C=O)cn2C)c1N. The van der Waals surface area contributed by atoms with Crippen LogP contribution in [0.4, 0.5) is 5.69 Å². The van der Waals surface area contributed by atoms with E-state index in [1.165, 1.54) is 0 Å². The average Bonchev–Trinajstić information content (AvgIpc) is 2.50. The monoisotopic (exact) mass is 188 g/mol. The number of aldehydes is 1. The van der Waals surface area contributed by atoms with Crippen LogP contribution in [0.2, 0.25) is 0 Å². The Balaban J connectivity index is 2.98. The summed E-state index contributed by atoms with van der Waals surface area (Å²) in [6.45, 7) is 1.94. The molecule has 2 rings (SSSR count). The number of anilines is 1. The third-order valence-electron chi connectivity index (χ3n) is 2.57. The van der Waals surface area contributed by atoms with Gasteiger partial charge in [-0.05, 0) is 18.6 Å². The average molecular weight is 188 g/mol. The lowest BCUT2D eigenvalue weighted by molar-refractivity contribution is 0.112. The molecule has 0 spiro atoms. The predicted octanol–water partition coefficient (Wildman–Crippen LogP) is 1.88. The molecule has 2 aromatic rings. The van der Waals surface area contributed by atoms with Crippen LogP contribution in [0.3, 0.4) is 0 Å². The Morgan fingerprint density at radius 1 is 1.43 bits per heavy atom. The minimum Gasteiger partial charge on any atom is -0.398 e. The molecule has 0 aliphatic heterocycles. The fraction of sp³-hybridized carbons (Fsp3) is 0.182. The molecule has 0 amide bonds. The number of hydrogen-bond acceptors (Lipinski definition) is 2. The van der Waals surface area contributed by atoms with Crippen molar-refractivity contribution in [3.8, 4) is 0 Å². The first-order valence-electron chi connectivity index (χ1n) is 4.44. The van der Waals surface area contributed by atoms with Crippen molar-refractivity contribution >= 4 is 22.9 Å². The van der Waals surface area contributed by atoms with Gasteiger partial charge < -0.3 is 10.3 Å². The van der Waals surface area contributed by atoms with E-state index >= 15 is 0 Å². The molecular formula is C11H12N2O. The van der Waals surface area contributed by atoms with Crippen molar-refractivity contribution in [2.24, 2.45) is 7.05 Å². The van der Waals surface area contributed by atoms with Crippen LogP contribution in [0.15, 0.2) is 18.3 Å². The van der Waals surface area contributed by atoms with E-state index in [1.54, 1.807) is 6.20 Å². The standard InChI is InChI=1S/C11H12N2O/c1-7-3-4-9-10(11(7)12)8(6-14)5-13(9)2/h3-6H,12H2,1-2H3. The van der Waals surface area contributed by atoms with E-state index in [0.717, 1.165) is 22.8 Å². The highest BCUT2D eigenvalue weighted by molar-refractivity contribution is 6.05. The second-order valence-corrected chi connectivity index (χ2v) is 3.50. The summed E-state index contributed by atoms with van der Waals surface area (Å²) in [5, 5.41) is 0.863. The zero-order valence-corrected chi connectivity index (χ0v) is 8.24. The molecule has 0 saturated heterocycles. The molecule has 0 bridgehead atoms. The number of carbonyl (C=O) groups excluding carboxylic acids is 1. The van der Waals surface area contributed by atoms with Gasteiger partial charge in [-0.1, -0.05) is 6.07 Å². The summed E-state index contributed by atoms with van der Waals surface area (Å²) in [5.74, 6) is 0. The molecule has 2 N–H and O–H groups in total. The number of nitrogen functional groups attached to an aromatic ring is 1. The van der Waals surface area contributed by atoms with Gasteiger partial charge in [-0.15, -0.1) is 0 Å². The van der Waals surface area contributed by atoms with Crippen LogP contribution in [0.25, 0.3) is 10.9 Å². The molecular weight excluding hydrogens is 176 g/mol. The number of benzene rings is 1. The van der Waals surface area contributed by atoms with Gasteiger partial charge in [-0.2, -0.15) is 0 Å². The highest BCUT2D eigenvalue weighted by atomic mass is 16.1. The minimum atomic E-state index is 0.656. The molecule has 72 valence electrons. The molecule has 3 heteroatoms. The quantitative estimate of drug-likeness (QED) is 0.548. The van der Waals surface area contributed by atoms with Gasteiger partial charge in [-0.3, -0.25) is 4.79 Å². The first-order chi connectivity index (χ1) is 6.65. The maximum atomic E-state index is 10.8. The molecule has 3 nitrogen and oxygen atoms in total. The molecule has 14 heavy (non-hydrogen) atoms. The van der Waals surface area contributed by atoms with Gasteiger partial charge in [0.15, 0.2) is 6.29 Å². The van der Waals surface area contributed by atoms with E-state index in [0.29, 0.717) is 11.3 Å². The van der Waals surface area contributed by atoms with Gasteiger partial charge in [0.2, 0.25) is 0 Å². The first-order valence-corrected chi connectivity index (χ1v) is 4.44. The van der Waals surface area contributed by atoms with E-state index in [4.69, 9.17) is 5.73 Å². The molecule has 0 unspecified atom stereocenters. The van der Waals surface area contributed by atoms with Crippen molar-refractivity contribution < 1.29 is 4.79 Å². The van der Waals surface area contributed by atoms with Crippen LogP contribution < -0.4 is 5.73 Å². The molecule has 0 radical (unpaired) electrons. The molecule has 0 saturated carbocycles. The van der Waals surface area contributed by atoms with Crippen molar-refractivity contribution in [2.45, 2.75) is 6.92 Å². The maximum absolute atomic E-state index is 10.8. The third-order valence-corrected chi connectivity index (χ3v) is 2.57. The summed E-state index contributed by atoms with van der Waals surface area (Å²) in [6.07, 6.45) is 2.64. The number of aryl methyl sites for hydroxylation is 2. The van der Waals surface area contributed by atoms with E-state index in [9.17, 15) is 4.79 Å². The van der Waals surface area contributed by atoms with Gasteiger partial charge in [0.05, 0.1) is 5.52 Å². The smallest absolute Gasteiger partial charge is 0.152 e. The van der Waals surface area contributed by atoms with Gasteiger partial charge in [0, 0.05) is 29.9 Å². The second kappa shape index (κ2) is 2.87. The van der Waals surface area contributed by atoms with Gasteiger partial charge in [0.25, 0.3) is 0 Å². The molecule has 0 atom stereocenters. The van der Waals surface area contributed by atoms with Crippen LogP contribution >= 0.6 is 0 Å². The number of fused-ring (bicyclic) bond motifs is 1. The summed E-state index contributed by atoms with van der Waals surface area (Å²) < 4.78 is 1.91. The zero-order chi connectivity index (χ0) is 10.3. The van der Waals surface area contributed by atoms with E-state index in [1.807, 2.05) is 30.7 Å². The number of aromatic nitrogens is 1. The van der Waals surface area contributed by atoms with Crippen LogP contribution in [-0.4, -0.2) is 10.9 Å². The minimum absolute atomic E-state index is 0.656. The third kappa shape index (κ3) is 1.02. The number of hydrogen-bond donors (Lipinski definition) is 1. The first kappa shape index (κ1) is 8.81. The fourth-order valence-electron chi connectivity index (χ4n) is 1.74. The Morgan fingerprint density at radius 2 is 2.14 bits per heavy atom. The molecule has 1 aromatic carbocycles. The fourth-order valence-corrected chi connectivity index (χ4v) is 1.74. The summed E-state index contributed by atoms with van der Waals surface area (Å²) in [6, 6.07) is 3.94. The molecule has 0 aliphatic carbocycles. The molecule has 1 heterocycles. The summed E-state index contributed by atoms with van der Waals surface area (Å²) >= 11 is 0. The van der Waals surface area contributed by atoms with Crippen molar-refractivity contribution in [3.05, 3.63) is 29.5 Å². The lowest BCUT2D eigenvalue weighted by Gasteiger charge is -2.02. The van der Waals surface area contributed by atoms with Crippen molar-refractivity contribution in [2.75, 3.05) is 5.73 Å². The van der Waals surface area contributed by atoms with Crippen molar-refractivity contribution in [1.29, 1.82) is 0 Å². The van der Waals surface area contributed by atoms with Crippen molar-refractivity contribution in [3.63, 3.8) is 0 Å². The van der Waals surface area contributed by atoms with E-state index < -0.39 is 0 Å². The van der Waals surface area contributed by atoms with E-state index in [2.05, 4.69) is 0 Å². The molecule has 0 fully saturated rings. The summed E-state index contributed by atoms with van der Waals surface area (Å²) in [4.78, 5) is 10.8. The second-order valence-electron chi connectivity index (χ2n) is 3.50. The van der Waals surface area contributed by atoms with Gasteiger partial charge >= 0.3 is 0 Å². The van der Waals surface area contributed by atoms with Gasteiger partial charge in [-0.25, -0.2) is 0 Å². The Hall–Kier alpha value is -1.77. The zero-order valence-electron chi connectivity index (χ0n) is 8.24. The Kier molecular flexibility index (Phi) is 1.81.